The van der Waals surface area contributed by atoms with Crippen LogP contribution in [0.3, 0.4) is 0 Å². The molecule has 12 rings (SSSR count). The molecule has 12 nitrogen and oxygen atoms in total. The Labute approximate surface area is 422 Å². The molecule has 0 radical (unpaired) electrons. The standard InChI is InChI=1S/3C19H14N2O2S/c3*22-18-20(13-14-7-2-1-3-8-14)19(23)24-21(18)17-12-6-10-15-9-4-5-11-16(15)17/h3*1-12H,13H2. The molecule has 0 aliphatic rings. The number of hydrogen-bond donors (Lipinski definition) is 0. The highest BCUT2D eigenvalue weighted by Gasteiger charge is 2.17. The summed E-state index contributed by atoms with van der Waals surface area (Å²) in [6.45, 7) is 0.853. The molecule has 15 heteroatoms. The molecule has 354 valence electrons. The van der Waals surface area contributed by atoms with Crippen molar-refractivity contribution in [3.63, 3.8) is 0 Å². The number of nitrogens with zero attached hydrogens (tertiary/aromatic N) is 6. The van der Waals surface area contributed by atoms with Crippen LogP contribution in [0.25, 0.3) is 49.4 Å². The van der Waals surface area contributed by atoms with Crippen LogP contribution < -0.4 is 31.7 Å². The summed E-state index contributed by atoms with van der Waals surface area (Å²) in [6.07, 6.45) is 0. The Bertz CT molecular complexity index is 3790. The van der Waals surface area contributed by atoms with E-state index in [2.05, 4.69) is 0 Å². The molecule has 3 heterocycles. The van der Waals surface area contributed by atoms with Crippen LogP contribution in [0, 0.1) is 0 Å². The third kappa shape index (κ3) is 9.85. The van der Waals surface area contributed by atoms with Gasteiger partial charge in [0.1, 0.15) is 0 Å². The number of rotatable bonds is 9. The van der Waals surface area contributed by atoms with Crippen molar-refractivity contribution in [2.45, 2.75) is 19.6 Å². The molecule has 12 aromatic rings. The Hall–Kier alpha value is -8.76. The SMILES string of the molecule is O=c1sn(-c2cccc3ccccc23)c(=O)n1Cc1ccccc1.O=c1sn(-c2cccc3ccccc23)c(=O)n1Cc1ccccc1.O=c1sn(-c2cccc3ccccc23)c(=O)n1Cc1ccccc1. The van der Waals surface area contributed by atoms with Gasteiger partial charge < -0.3 is 0 Å². The smallest absolute Gasteiger partial charge is 0.255 e. The first-order valence-corrected chi connectivity index (χ1v) is 25.1. The molecule has 0 aliphatic heterocycles. The molecule has 0 saturated carbocycles. The fourth-order valence-electron chi connectivity index (χ4n) is 8.37. The molecular weight excluding hydrogens is 961 g/mol. The Morgan fingerprint density at radius 1 is 0.264 bits per heavy atom. The molecule has 0 unspecified atom stereocenters. The van der Waals surface area contributed by atoms with Crippen LogP contribution in [-0.4, -0.2) is 25.6 Å². The molecule has 0 bridgehead atoms. The summed E-state index contributed by atoms with van der Waals surface area (Å²) in [6, 6.07) is 69.4. The van der Waals surface area contributed by atoms with Crippen molar-refractivity contribution >= 4 is 66.9 Å². The van der Waals surface area contributed by atoms with Crippen molar-refractivity contribution < 1.29 is 0 Å². The predicted molar refractivity (Wildman–Crippen MR) is 292 cm³/mol. The zero-order chi connectivity index (χ0) is 49.6. The van der Waals surface area contributed by atoms with Crippen molar-refractivity contribution in [3.8, 4) is 17.1 Å². The highest BCUT2D eigenvalue weighted by Crippen LogP contribution is 2.24. The zero-order valence-electron chi connectivity index (χ0n) is 38.3. The maximum absolute atomic E-state index is 12.8. The van der Waals surface area contributed by atoms with E-state index in [1.807, 2.05) is 218 Å². The Kier molecular flexibility index (Phi) is 13.7. The topological polar surface area (TPSA) is 132 Å². The minimum absolute atomic E-state index is 0.253. The average Bonchev–Trinajstić information content (AvgIpc) is 3.98. The van der Waals surface area contributed by atoms with Gasteiger partial charge in [-0.1, -0.05) is 200 Å². The molecule has 0 aliphatic carbocycles. The monoisotopic (exact) mass is 1000 g/mol. The van der Waals surface area contributed by atoms with Crippen LogP contribution in [-0.2, 0) is 19.6 Å². The van der Waals surface area contributed by atoms with Gasteiger partial charge in [-0.3, -0.25) is 14.4 Å². The maximum atomic E-state index is 12.8. The van der Waals surface area contributed by atoms with Gasteiger partial charge >= 0.3 is 31.7 Å². The summed E-state index contributed by atoms with van der Waals surface area (Å²) in [5, 5.41) is 5.98. The van der Waals surface area contributed by atoms with Crippen LogP contribution in [0.5, 0.6) is 0 Å². The molecular formula is C57H42N6O6S3. The van der Waals surface area contributed by atoms with Gasteiger partial charge in [0.15, 0.2) is 0 Å². The highest BCUT2D eigenvalue weighted by atomic mass is 32.1. The number of benzene rings is 9. The molecule has 72 heavy (non-hydrogen) atoms. The first-order chi connectivity index (χ1) is 35.2. The first kappa shape index (κ1) is 46.9. The summed E-state index contributed by atoms with van der Waals surface area (Å²) < 4.78 is 8.28. The first-order valence-electron chi connectivity index (χ1n) is 22.8. The van der Waals surface area contributed by atoms with Crippen LogP contribution in [0.15, 0.2) is 247 Å². The van der Waals surface area contributed by atoms with E-state index < -0.39 is 0 Å². The molecule has 0 N–H and O–H groups in total. The second-order valence-electron chi connectivity index (χ2n) is 16.5. The third-order valence-electron chi connectivity index (χ3n) is 11.9. The predicted octanol–water partition coefficient (Wildman–Crippen LogP) is 9.79. The lowest BCUT2D eigenvalue weighted by Gasteiger charge is -2.05. The largest absolute Gasteiger partial charge is 0.346 e. The van der Waals surface area contributed by atoms with Gasteiger partial charge in [-0.2, -0.15) is 0 Å². The second-order valence-corrected chi connectivity index (χ2v) is 19.2. The average molecular weight is 1000 g/mol. The van der Waals surface area contributed by atoms with Crippen LogP contribution in [0.1, 0.15) is 16.7 Å². The molecule has 0 fully saturated rings. The van der Waals surface area contributed by atoms with Gasteiger partial charge in [-0.15, -0.1) is 0 Å². The van der Waals surface area contributed by atoms with Crippen molar-refractivity contribution in [2.75, 3.05) is 0 Å². The minimum Gasteiger partial charge on any atom is -0.255 e. The van der Waals surface area contributed by atoms with Gasteiger partial charge in [-0.05, 0) is 51.0 Å². The minimum atomic E-state index is -0.301. The Balaban J connectivity index is 0.000000124. The lowest BCUT2D eigenvalue weighted by Crippen LogP contribution is -2.28. The summed E-state index contributed by atoms with van der Waals surface area (Å²) >= 11 is 2.82. The normalized spacial score (nSPS) is 11.0. The zero-order valence-corrected chi connectivity index (χ0v) is 40.7. The molecule has 0 atom stereocenters. The lowest BCUT2D eigenvalue weighted by atomic mass is 10.1. The second kappa shape index (κ2) is 21.1. The van der Waals surface area contributed by atoms with E-state index in [0.29, 0.717) is 0 Å². The van der Waals surface area contributed by atoms with E-state index in [-0.39, 0.29) is 51.3 Å². The molecule has 9 aromatic carbocycles. The van der Waals surface area contributed by atoms with Gasteiger partial charge in [0.25, 0.3) is 0 Å². The summed E-state index contributed by atoms with van der Waals surface area (Å²) in [5.41, 5.74) is 4.12. The number of hydrogen-bond acceptors (Lipinski definition) is 9. The van der Waals surface area contributed by atoms with Gasteiger partial charge in [0, 0.05) is 50.8 Å². The number of fused-ring (bicyclic) bond motifs is 3. The van der Waals surface area contributed by atoms with Crippen LogP contribution >= 0.6 is 34.6 Å². The fraction of sp³-hybridized carbons (Fsp3) is 0.0526. The fourth-order valence-corrected chi connectivity index (χ4v) is 10.9. The lowest BCUT2D eigenvalue weighted by molar-refractivity contribution is 0.723. The highest BCUT2D eigenvalue weighted by molar-refractivity contribution is 7.04. The van der Waals surface area contributed by atoms with Crippen LogP contribution in [0.2, 0.25) is 0 Å². The summed E-state index contributed by atoms with van der Waals surface area (Å²) in [7, 11) is 0. The van der Waals surface area contributed by atoms with E-state index in [4.69, 9.17) is 0 Å². The van der Waals surface area contributed by atoms with Crippen LogP contribution in [0.4, 0.5) is 0 Å². The van der Waals surface area contributed by atoms with E-state index >= 15 is 0 Å². The summed E-state index contributed by atoms with van der Waals surface area (Å²) in [4.78, 5) is 74.6. The van der Waals surface area contributed by atoms with E-state index in [1.54, 1.807) is 0 Å². The van der Waals surface area contributed by atoms with Gasteiger partial charge in [0.2, 0.25) is 0 Å². The van der Waals surface area contributed by atoms with E-state index in [9.17, 15) is 28.8 Å². The Morgan fingerprint density at radius 3 is 0.778 bits per heavy atom. The van der Waals surface area contributed by atoms with Gasteiger partial charge in [-0.25, -0.2) is 40.0 Å². The van der Waals surface area contributed by atoms with E-state index in [1.165, 1.54) is 25.6 Å². The third-order valence-corrected chi connectivity index (χ3v) is 14.6. The van der Waals surface area contributed by atoms with Crippen molar-refractivity contribution in [1.82, 2.24) is 25.6 Å². The van der Waals surface area contributed by atoms with E-state index in [0.717, 1.165) is 101 Å². The maximum Gasteiger partial charge on any atom is 0.346 e. The van der Waals surface area contributed by atoms with Crippen molar-refractivity contribution in [3.05, 3.63) is 296 Å². The quantitative estimate of drug-likeness (QED) is 0.142. The molecule has 0 amide bonds. The molecule has 0 spiro atoms. The Morgan fingerprint density at radius 2 is 0.500 bits per heavy atom. The summed E-state index contributed by atoms with van der Waals surface area (Å²) in [5.74, 6) is 0. The van der Waals surface area contributed by atoms with Crippen molar-refractivity contribution in [2.24, 2.45) is 0 Å². The molecule has 3 aromatic heterocycles. The molecule has 0 saturated heterocycles. The number of aromatic nitrogens is 6. The van der Waals surface area contributed by atoms with Gasteiger partial charge in [0.05, 0.1) is 36.7 Å². The van der Waals surface area contributed by atoms with Crippen molar-refractivity contribution in [1.29, 1.82) is 0 Å².